The van der Waals surface area contributed by atoms with E-state index in [1.165, 1.54) is 14.2 Å². The van der Waals surface area contributed by atoms with Gasteiger partial charge in [0, 0.05) is 0 Å². The Balaban J connectivity index is 2.77. The van der Waals surface area contributed by atoms with Gasteiger partial charge in [0.15, 0.2) is 0 Å². The van der Waals surface area contributed by atoms with Crippen molar-refractivity contribution in [2.75, 3.05) is 14.2 Å². The number of hydrogen-bond acceptors (Lipinski definition) is 7. The molecule has 0 bridgehead atoms. The Labute approximate surface area is 118 Å². The average molecular weight is 283 g/mol. The Hall–Kier alpha value is -1.92. The lowest BCUT2D eigenvalue weighted by atomic mass is 10.00. The third kappa shape index (κ3) is 4.64. The van der Waals surface area contributed by atoms with Gasteiger partial charge in [-0.3, -0.25) is 4.79 Å². The van der Waals surface area contributed by atoms with Gasteiger partial charge in [0.05, 0.1) is 20.1 Å². The number of carbonyl (C=O) groups is 1. The van der Waals surface area contributed by atoms with Crippen LogP contribution in [0.15, 0.2) is 0 Å². The number of hydrogen-bond donors (Lipinski definition) is 0. The van der Waals surface area contributed by atoms with E-state index in [0.717, 1.165) is 25.7 Å². The van der Waals surface area contributed by atoms with Crippen LogP contribution in [0.1, 0.15) is 39.5 Å². The third-order valence-corrected chi connectivity index (χ3v) is 2.86. The zero-order valence-electron chi connectivity index (χ0n) is 12.4. The topological polar surface area (TPSA) is 83.4 Å². The highest BCUT2D eigenvalue weighted by atomic mass is 16.6. The molecule has 0 fully saturated rings. The van der Waals surface area contributed by atoms with Gasteiger partial charge >= 0.3 is 24.0 Å². The van der Waals surface area contributed by atoms with Crippen LogP contribution in [0, 0.1) is 5.92 Å². The molecule has 0 aliphatic rings. The molecule has 7 nitrogen and oxygen atoms in total. The molecule has 0 saturated heterocycles. The maximum atomic E-state index is 12.0. The SMILES string of the molecule is CCCC[C@H](CC)C(=O)Oc1nc(OC)nc(OC)n1. The van der Waals surface area contributed by atoms with Gasteiger partial charge in [-0.1, -0.05) is 26.7 Å². The normalized spacial score (nSPS) is 11.8. The van der Waals surface area contributed by atoms with Crippen molar-refractivity contribution in [2.24, 2.45) is 5.92 Å². The van der Waals surface area contributed by atoms with Crippen molar-refractivity contribution < 1.29 is 19.0 Å². The summed E-state index contributed by atoms with van der Waals surface area (Å²) in [6, 6.07) is -0.0174. The molecule has 0 N–H and O–H groups in total. The van der Waals surface area contributed by atoms with Crippen molar-refractivity contribution in [2.45, 2.75) is 39.5 Å². The first-order valence-electron chi connectivity index (χ1n) is 6.70. The molecular weight excluding hydrogens is 262 g/mol. The lowest BCUT2D eigenvalue weighted by Gasteiger charge is -2.12. The first-order valence-corrected chi connectivity index (χ1v) is 6.70. The van der Waals surface area contributed by atoms with Crippen molar-refractivity contribution in [3.8, 4) is 18.0 Å². The number of esters is 1. The number of ether oxygens (including phenoxy) is 3. The van der Waals surface area contributed by atoms with Crippen molar-refractivity contribution in [3.63, 3.8) is 0 Å². The molecule has 0 aliphatic heterocycles. The second-order valence-electron chi connectivity index (χ2n) is 4.26. The van der Waals surface area contributed by atoms with Crippen LogP contribution in [0.2, 0.25) is 0 Å². The number of unbranched alkanes of at least 4 members (excludes halogenated alkanes) is 1. The minimum absolute atomic E-state index is 0.0428. The molecule has 0 radical (unpaired) electrons. The van der Waals surface area contributed by atoms with Crippen molar-refractivity contribution in [1.82, 2.24) is 15.0 Å². The van der Waals surface area contributed by atoms with E-state index < -0.39 is 0 Å². The first kappa shape index (κ1) is 16.1. The van der Waals surface area contributed by atoms with Gasteiger partial charge < -0.3 is 14.2 Å². The second kappa shape index (κ2) is 8.29. The highest BCUT2D eigenvalue weighted by Gasteiger charge is 2.20. The summed E-state index contributed by atoms with van der Waals surface area (Å²) in [7, 11) is 2.83. The molecular formula is C13H21N3O4. The minimum Gasteiger partial charge on any atom is -0.467 e. The smallest absolute Gasteiger partial charge is 0.333 e. The Morgan fingerprint density at radius 1 is 1.05 bits per heavy atom. The summed E-state index contributed by atoms with van der Waals surface area (Å²) >= 11 is 0. The molecule has 1 aromatic heterocycles. The van der Waals surface area contributed by atoms with Crippen molar-refractivity contribution in [1.29, 1.82) is 0 Å². The number of methoxy groups -OCH3 is 2. The molecule has 1 atom stereocenters. The molecule has 20 heavy (non-hydrogen) atoms. The fourth-order valence-electron chi connectivity index (χ4n) is 1.66. The fraction of sp³-hybridized carbons (Fsp3) is 0.692. The minimum atomic E-state index is -0.337. The summed E-state index contributed by atoms with van der Waals surface area (Å²) in [5, 5.41) is 0. The van der Waals surface area contributed by atoms with Gasteiger partial charge in [0.2, 0.25) is 0 Å². The van der Waals surface area contributed by atoms with E-state index in [2.05, 4.69) is 21.9 Å². The van der Waals surface area contributed by atoms with Crippen LogP contribution in [-0.4, -0.2) is 35.1 Å². The summed E-state index contributed by atoms with van der Waals surface area (Å²) in [6.45, 7) is 4.04. The number of aromatic nitrogens is 3. The van der Waals surface area contributed by atoms with Crippen LogP contribution >= 0.6 is 0 Å². The van der Waals surface area contributed by atoms with E-state index in [1.54, 1.807) is 0 Å². The predicted octanol–water partition coefficient (Wildman–Crippen LogP) is 2.01. The van der Waals surface area contributed by atoms with Crippen molar-refractivity contribution >= 4 is 5.97 Å². The molecule has 1 heterocycles. The summed E-state index contributed by atoms with van der Waals surface area (Å²) < 4.78 is 15.0. The molecule has 112 valence electrons. The molecule has 1 aromatic rings. The van der Waals surface area contributed by atoms with Gasteiger partial charge in [0.25, 0.3) is 0 Å². The van der Waals surface area contributed by atoms with E-state index in [9.17, 15) is 4.79 Å². The molecule has 0 saturated carbocycles. The van der Waals surface area contributed by atoms with Gasteiger partial charge in [0.1, 0.15) is 0 Å². The number of nitrogens with zero attached hydrogens (tertiary/aromatic N) is 3. The maximum absolute atomic E-state index is 12.0. The molecule has 0 amide bonds. The Morgan fingerprint density at radius 2 is 1.60 bits per heavy atom. The van der Waals surface area contributed by atoms with E-state index in [0.29, 0.717) is 0 Å². The van der Waals surface area contributed by atoms with Crippen LogP contribution in [0.25, 0.3) is 0 Å². The highest BCUT2D eigenvalue weighted by molar-refractivity contribution is 5.74. The Morgan fingerprint density at radius 3 is 2.05 bits per heavy atom. The van der Waals surface area contributed by atoms with Gasteiger partial charge in [-0.25, -0.2) is 0 Å². The van der Waals surface area contributed by atoms with Gasteiger partial charge in [-0.2, -0.15) is 0 Å². The summed E-state index contributed by atoms with van der Waals surface area (Å²) in [6.07, 6.45) is 3.54. The summed E-state index contributed by atoms with van der Waals surface area (Å²) in [5.74, 6) is -0.486. The van der Waals surface area contributed by atoms with E-state index in [1.807, 2.05) is 6.92 Å². The summed E-state index contributed by atoms with van der Waals surface area (Å²) in [5.41, 5.74) is 0. The standard InChI is InChI=1S/C13H21N3O4/c1-5-7-8-9(6-2)10(17)20-13-15-11(18-3)14-12(16-13)19-4/h9H,5-8H2,1-4H3/t9-/m0/s1. The predicted molar refractivity (Wildman–Crippen MR) is 71.9 cm³/mol. The molecule has 0 spiro atoms. The number of carbonyl (C=O) groups excluding carboxylic acids is 1. The zero-order valence-corrected chi connectivity index (χ0v) is 12.4. The fourth-order valence-corrected chi connectivity index (χ4v) is 1.66. The maximum Gasteiger partial charge on any atom is 0.333 e. The lowest BCUT2D eigenvalue weighted by Crippen LogP contribution is -2.21. The van der Waals surface area contributed by atoms with Crippen LogP contribution in [0.3, 0.4) is 0 Å². The molecule has 1 rings (SSSR count). The largest absolute Gasteiger partial charge is 0.467 e. The van der Waals surface area contributed by atoms with E-state index in [-0.39, 0.29) is 29.9 Å². The van der Waals surface area contributed by atoms with E-state index in [4.69, 9.17) is 14.2 Å². The highest BCUT2D eigenvalue weighted by Crippen LogP contribution is 2.18. The van der Waals surface area contributed by atoms with Crippen LogP contribution in [0.5, 0.6) is 18.0 Å². The Bertz CT molecular complexity index is 417. The number of rotatable bonds is 8. The monoisotopic (exact) mass is 283 g/mol. The van der Waals surface area contributed by atoms with Crippen molar-refractivity contribution in [3.05, 3.63) is 0 Å². The average Bonchev–Trinajstić information content (AvgIpc) is 2.47. The Kier molecular flexibility index (Phi) is 6.69. The zero-order chi connectivity index (χ0) is 15.0. The summed E-state index contributed by atoms with van der Waals surface area (Å²) in [4.78, 5) is 23.6. The lowest BCUT2D eigenvalue weighted by molar-refractivity contribution is -0.139. The van der Waals surface area contributed by atoms with Crippen LogP contribution in [-0.2, 0) is 4.79 Å². The van der Waals surface area contributed by atoms with Crippen LogP contribution < -0.4 is 14.2 Å². The molecule has 0 unspecified atom stereocenters. The molecule has 0 aliphatic carbocycles. The van der Waals surface area contributed by atoms with E-state index >= 15 is 0 Å². The first-order chi connectivity index (χ1) is 9.64. The third-order valence-electron chi connectivity index (χ3n) is 2.86. The second-order valence-corrected chi connectivity index (χ2v) is 4.26. The van der Waals surface area contributed by atoms with Gasteiger partial charge in [-0.05, 0) is 12.8 Å². The molecule has 0 aromatic carbocycles. The quantitative estimate of drug-likeness (QED) is 0.675. The van der Waals surface area contributed by atoms with Gasteiger partial charge in [-0.15, -0.1) is 15.0 Å². The van der Waals surface area contributed by atoms with Crippen LogP contribution in [0.4, 0.5) is 0 Å². The molecule has 7 heteroatoms.